The number of rotatable bonds is 7. The summed E-state index contributed by atoms with van der Waals surface area (Å²) in [6.07, 6.45) is 6.91. The summed E-state index contributed by atoms with van der Waals surface area (Å²) in [7, 11) is 2.11. The molecule has 1 N–H and O–H groups in total. The Morgan fingerprint density at radius 1 is 1.28 bits per heavy atom. The number of nitrogens with zero attached hydrogens (tertiary/aromatic N) is 1. The van der Waals surface area contributed by atoms with Crippen LogP contribution < -0.4 is 5.32 Å². The Labute approximate surface area is 115 Å². The molecule has 1 saturated carbocycles. The predicted octanol–water partition coefficient (Wildman–Crippen LogP) is 3.52. The van der Waals surface area contributed by atoms with E-state index in [1.807, 2.05) is 0 Å². The Kier molecular flexibility index (Phi) is 6.65. The molecule has 1 aliphatic carbocycles. The summed E-state index contributed by atoms with van der Waals surface area (Å²) in [5.41, 5.74) is 0.528. The maximum Gasteiger partial charge on any atom is 0.00644 e. The molecule has 0 heterocycles. The lowest BCUT2D eigenvalue weighted by Gasteiger charge is -2.44. The Morgan fingerprint density at radius 3 is 2.33 bits per heavy atom. The van der Waals surface area contributed by atoms with Crippen LogP contribution in [0.1, 0.15) is 59.8 Å². The van der Waals surface area contributed by atoms with Crippen molar-refractivity contribution in [2.45, 2.75) is 65.8 Å². The second-order valence-corrected chi connectivity index (χ2v) is 6.53. The molecule has 0 radical (unpaired) electrons. The zero-order chi connectivity index (χ0) is 13.6. The molecule has 1 rings (SSSR count). The Hall–Kier alpha value is -0.0800. The molecule has 108 valence electrons. The fourth-order valence-electron chi connectivity index (χ4n) is 3.41. The van der Waals surface area contributed by atoms with E-state index < -0.39 is 0 Å². The number of hydrogen-bond donors (Lipinski definition) is 1. The summed E-state index contributed by atoms with van der Waals surface area (Å²) in [6.45, 7) is 13.1. The van der Waals surface area contributed by atoms with Crippen LogP contribution in [0.3, 0.4) is 0 Å². The number of nitrogens with one attached hydrogen (secondary N) is 1. The van der Waals surface area contributed by atoms with Crippen LogP contribution in [0, 0.1) is 11.3 Å². The molecule has 1 fully saturated rings. The van der Waals surface area contributed by atoms with Crippen LogP contribution in [0.5, 0.6) is 0 Å². The second kappa shape index (κ2) is 7.49. The highest BCUT2D eigenvalue weighted by atomic mass is 15.2. The third-order valence-corrected chi connectivity index (χ3v) is 5.05. The molecular weight excluding hydrogens is 220 g/mol. The van der Waals surface area contributed by atoms with Gasteiger partial charge in [0.15, 0.2) is 0 Å². The zero-order valence-electron chi connectivity index (χ0n) is 13.3. The minimum Gasteiger partial charge on any atom is -0.319 e. The third-order valence-electron chi connectivity index (χ3n) is 5.05. The summed E-state index contributed by atoms with van der Waals surface area (Å²) in [6, 6.07) is 0.725. The molecule has 1 atom stereocenters. The van der Waals surface area contributed by atoms with Crippen molar-refractivity contribution in [2.24, 2.45) is 11.3 Å². The van der Waals surface area contributed by atoms with Gasteiger partial charge in [0.1, 0.15) is 0 Å². The average Bonchev–Trinajstić information content (AvgIpc) is 2.39. The van der Waals surface area contributed by atoms with Crippen molar-refractivity contribution >= 4 is 0 Å². The van der Waals surface area contributed by atoms with Gasteiger partial charge in [0.05, 0.1) is 0 Å². The Bertz CT molecular complexity index is 219. The molecule has 2 heteroatoms. The standard InChI is InChI=1S/C16H34N2/c1-6-15(4)18(7-2)13-16(12-17-5)10-8-14(3)9-11-16/h14-15,17H,6-13H2,1-5H3. The van der Waals surface area contributed by atoms with Crippen molar-refractivity contribution in [3.05, 3.63) is 0 Å². The van der Waals surface area contributed by atoms with Crippen molar-refractivity contribution in [3.63, 3.8) is 0 Å². The molecule has 18 heavy (non-hydrogen) atoms. The van der Waals surface area contributed by atoms with E-state index >= 15 is 0 Å². The molecule has 0 spiro atoms. The fourth-order valence-corrected chi connectivity index (χ4v) is 3.41. The van der Waals surface area contributed by atoms with Gasteiger partial charge in [-0.15, -0.1) is 0 Å². The maximum atomic E-state index is 3.45. The highest BCUT2D eigenvalue weighted by Gasteiger charge is 2.35. The van der Waals surface area contributed by atoms with E-state index in [0.29, 0.717) is 5.41 Å². The summed E-state index contributed by atoms with van der Waals surface area (Å²) >= 11 is 0. The monoisotopic (exact) mass is 254 g/mol. The van der Waals surface area contributed by atoms with Crippen molar-refractivity contribution in [1.82, 2.24) is 10.2 Å². The quantitative estimate of drug-likeness (QED) is 0.748. The van der Waals surface area contributed by atoms with E-state index in [2.05, 4.69) is 45.0 Å². The largest absolute Gasteiger partial charge is 0.319 e. The van der Waals surface area contributed by atoms with Gasteiger partial charge in [0.25, 0.3) is 0 Å². The summed E-state index contributed by atoms with van der Waals surface area (Å²) in [5.74, 6) is 0.939. The van der Waals surface area contributed by atoms with E-state index in [9.17, 15) is 0 Å². The molecule has 1 unspecified atom stereocenters. The van der Waals surface area contributed by atoms with Gasteiger partial charge in [-0.3, -0.25) is 0 Å². The lowest BCUT2D eigenvalue weighted by atomic mass is 9.70. The molecule has 0 aliphatic heterocycles. The summed E-state index contributed by atoms with van der Waals surface area (Å²) in [4.78, 5) is 2.69. The van der Waals surface area contributed by atoms with Gasteiger partial charge in [0.2, 0.25) is 0 Å². The van der Waals surface area contributed by atoms with Crippen LogP contribution in [0.25, 0.3) is 0 Å². The lowest BCUT2D eigenvalue weighted by Crippen LogP contribution is -2.48. The van der Waals surface area contributed by atoms with Gasteiger partial charge >= 0.3 is 0 Å². The molecule has 0 saturated heterocycles. The van der Waals surface area contributed by atoms with Crippen LogP contribution in [-0.2, 0) is 0 Å². The highest BCUT2D eigenvalue weighted by Crippen LogP contribution is 2.39. The Balaban J connectivity index is 2.66. The van der Waals surface area contributed by atoms with Crippen LogP contribution in [-0.4, -0.2) is 37.6 Å². The number of hydrogen-bond acceptors (Lipinski definition) is 2. The van der Waals surface area contributed by atoms with E-state index in [0.717, 1.165) is 12.0 Å². The highest BCUT2D eigenvalue weighted by molar-refractivity contribution is 4.89. The SMILES string of the molecule is CCC(C)N(CC)CC1(CNC)CCC(C)CC1. The lowest BCUT2D eigenvalue weighted by molar-refractivity contribution is 0.0703. The molecule has 0 aromatic rings. The first-order chi connectivity index (χ1) is 8.56. The first-order valence-electron chi connectivity index (χ1n) is 7.95. The van der Waals surface area contributed by atoms with Crippen molar-refractivity contribution in [2.75, 3.05) is 26.7 Å². The second-order valence-electron chi connectivity index (χ2n) is 6.53. The minimum atomic E-state index is 0.528. The molecule has 0 amide bonds. The first-order valence-corrected chi connectivity index (χ1v) is 7.95. The first kappa shape index (κ1) is 16.0. The van der Waals surface area contributed by atoms with Crippen LogP contribution in [0.2, 0.25) is 0 Å². The van der Waals surface area contributed by atoms with E-state index in [4.69, 9.17) is 0 Å². The molecule has 2 nitrogen and oxygen atoms in total. The van der Waals surface area contributed by atoms with Crippen LogP contribution >= 0.6 is 0 Å². The minimum absolute atomic E-state index is 0.528. The molecule has 1 aliphatic rings. The predicted molar refractivity (Wildman–Crippen MR) is 81.0 cm³/mol. The summed E-state index contributed by atoms with van der Waals surface area (Å²) < 4.78 is 0. The van der Waals surface area contributed by atoms with Crippen molar-refractivity contribution in [3.8, 4) is 0 Å². The van der Waals surface area contributed by atoms with Gasteiger partial charge in [-0.05, 0) is 51.1 Å². The van der Waals surface area contributed by atoms with Crippen LogP contribution in [0.15, 0.2) is 0 Å². The van der Waals surface area contributed by atoms with Gasteiger partial charge in [-0.2, -0.15) is 0 Å². The van der Waals surface area contributed by atoms with Crippen LogP contribution in [0.4, 0.5) is 0 Å². The van der Waals surface area contributed by atoms with Gasteiger partial charge < -0.3 is 10.2 Å². The fraction of sp³-hybridized carbons (Fsp3) is 1.00. The van der Waals surface area contributed by atoms with Gasteiger partial charge in [-0.1, -0.05) is 33.6 Å². The van der Waals surface area contributed by atoms with Crippen molar-refractivity contribution in [1.29, 1.82) is 0 Å². The van der Waals surface area contributed by atoms with Crippen molar-refractivity contribution < 1.29 is 0 Å². The third kappa shape index (κ3) is 4.24. The molecule has 0 aromatic carbocycles. The van der Waals surface area contributed by atoms with E-state index in [1.165, 1.54) is 51.7 Å². The smallest absolute Gasteiger partial charge is 0.00644 e. The Morgan fingerprint density at radius 2 is 1.89 bits per heavy atom. The topological polar surface area (TPSA) is 15.3 Å². The van der Waals surface area contributed by atoms with Gasteiger partial charge in [-0.25, -0.2) is 0 Å². The van der Waals surface area contributed by atoms with E-state index in [-0.39, 0.29) is 0 Å². The molecular formula is C16H34N2. The van der Waals surface area contributed by atoms with Gasteiger partial charge in [0, 0.05) is 19.1 Å². The normalized spacial score (nSPS) is 30.7. The van der Waals surface area contributed by atoms with E-state index in [1.54, 1.807) is 0 Å². The molecule has 0 bridgehead atoms. The molecule has 0 aromatic heterocycles. The maximum absolute atomic E-state index is 3.45. The average molecular weight is 254 g/mol. The zero-order valence-corrected chi connectivity index (χ0v) is 13.3. The summed E-state index contributed by atoms with van der Waals surface area (Å²) in [5, 5.41) is 3.45.